The summed E-state index contributed by atoms with van der Waals surface area (Å²) in [6.07, 6.45) is 0.572. The smallest absolute Gasteiger partial charge is 0.251 e. The number of fused-ring (bicyclic) bond motifs is 1. The maximum Gasteiger partial charge on any atom is 0.251 e. The van der Waals surface area contributed by atoms with Gasteiger partial charge in [0.2, 0.25) is 5.91 Å². The van der Waals surface area contributed by atoms with Crippen molar-refractivity contribution in [3.63, 3.8) is 0 Å². The molecular formula is C12H14N2O4. The van der Waals surface area contributed by atoms with E-state index in [0.29, 0.717) is 18.8 Å². The second-order valence-corrected chi connectivity index (χ2v) is 3.95. The molecule has 96 valence electrons. The first kappa shape index (κ1) is 12.4. The average Bonchev–Trinajstić information content (AvgIpc) is 2.37. The molecule has 3 N–H and O–H groups in total. The topological polar surface area (TPSA) is 90.7 Å². The molecule has 1 atom stereocenters. The minimum atomic E-state index is -0.636. The second kappa shape index (κ2) is 5.50. The molecule has 1 aromatic carbocycles. The first-order chi connectivity index (χ1) is 8.68. The zero-order valence-electron chi connectivity index (χ0n) is 9.72. The fourth-order valence-electron chi connectivity index (χ4n) is 1.86. The monoisotopic (exact) mass is 250 g/mol. The lowest BCUT2D eigenvalue weighted by atomic mass is 9.93. The molecule has 1 aliphatic heterocycles. The normalized spacial score (nSPS) is 17.4. The zero-order chi connectivity index (χ0) is 13.0. The Balaban J connectivity index is 2.01. The number of rotatable bonds is 4. The predicted molar refractivity (Wildman–Crippen MR) is 62.6 cm³/mol. The molecule has 18 heavy (non-hydrogen) atoms. The van der Waals surface area contributed by atoms with Gasteiger partial charge in [0, 0.05) is 5.56 Å². The van der Waals surface area contributed by atoms with Crippen LogP contribution in [0.25, 0.3) is 0 Å². The van der Waals surface area contributed by atoms with E-state index in [9.17, 15) is 9.59 Å². The Hall–Kier alpha value is -2.08. The van der Waals surface area contributed by atoms with Crippen LogP contribution in [0.3, 0.4) is 0 Å². The number of ether oxygens (including phenoxy) is 1. The maximum absolute atomic E-state index is 11.9. The number of hydrogen-bond donors (Lipinski definition) is 2. The standard InChI is InChI=1S/C12H14N2O4/c13-11(15)7-18-14-12(16)9-5-6-17-10-4-2-1-3-8(9)10/h1-4,9H,5-7H2,(H2,13,15)(H,14,16). The molecule has 1 aromatic rings. The number of nitrogens with one attached hydrogen (secondary N) is 1. The molecule has 2 amide bonds. The highest BCUT2D eigenvalue weighted by Crippen LogP contribution is 2.33. The van der Waals surface area contributed by atoms with E-state index in [1.54, 1.807) is 0 Å². The summed E-state index contributed by atoms with van der Waals surface area (Å²) in [4.78, 5) is 27.1. The average molecular weight is 250 g/mol. The first-order valence-electron chi connectivity index (χ1n) is 5.60. The molecule has 0 saturated carbocycles. The Labute approximate surface area is 104 Å². The van der Waals surface area contributed by atoms with Gasteiger partial charge >= 0.3 is 0 Å². The fourth-order valence-corrected chi connectivity index (χ4v) is 1.86. The van der Waals surface area contributed by atoms with Crippen LogP contribution in [0, 0.1) is 0 Å². The third kappa shape index (κ3) is 2.78. The number of primary amides is 1. The highest BCUT2D eigenvalue weighted by molar-refractivity contribution is 5.84. The molecule has 1 aliphatic rings. The van der Waals surface area contributed by atoms with Gasteiger partial charge in [-0.15, -0.1) is 0 Å². The molecule has 0 spiro atoms. The van der Waals surface area contributed by atoms with Gasteiger partial charge in [-0.25, -0.2) is 5.48 Å². The molecule has 1 heterocycles. The van der Waals surface area contributed by atoms with Crippen LogP contribution >= 0.6 is 0 Å². The Morgan fingerprint density at radius 2 is 2.22 bits per heavy atom. The van der Waals surface area contributed by atoms with E-state index in [1.165, 1.54) is 0 Å². The summed E-state index contributed by atoms with van der Waals surface area (Å²) in [5.74, 6) is -0.559. The number of hydroxylamine groups is 1. The van der Waals surface area contributed by atoms with Crippen LogP contribution in [0.5, 0.6) is 5.75 Å². The van der Waals surface area contributed by atoms with Crippen molar-refractivity contribution in [3.05, 3.63) is 29.8 Å². The maximum atomic E-state index is 11.9. The largest absolute Gasteiger partial charge is 0.493 e. The van der Waals surface area contributed by atoms with Crippen molar-refractivity contribution in [3.8, 4) is 5.75 Å². The SMILES string of the molecule is NC(=O)CONC(=O)C1CCOc2ccccc21. The summed E-state index contributed by atoms with van der Waals surface area (Å²) in [6.45, 7) is 0.140. The Kier molecular flexibility index (Phi) is 3.78. The minimum absolute atomic E-state index is 0.299. The van der Waals surface area contributed by atoms with Gasteiger partial charge in [-0.05, 0) is 12.5 Å². The molecule has 0 bridgehead atoms. The molecule has 0 saturated heterocycles. The van der Waals surface area contributed by atoms with Crippen LogP contribution in [0.1, 0.15) is 17.9 Å². The summed E-state index contributed by atoms with van der Waals surface area (Å²) in [5.41, 5.74) is 7.95. The van der Waals surface area contributed by atoms with Crippen molar-refractivity contribution < 1.29 is 19.2 Å². The number of carbonyl (C=O) groups excluding carboxylic acids is 2. The van der Waals surface area contributed by atoms with Crippen molar-refractivity contribution in [1.29, 1.82) is 0 Å². The van der Waals surface area contributed by atoms with Gasteiger partial charge in [0.1, 0.15) is 5.75 Å². The highest BCUT2D eigenvalue weighted by atomic mass is 16.7. The summed E-state index contributed by atoms with van der Waals surface area (Å²) < 4.78 is 5.45. The van der Waals surface area contributed by atoms with E-state index in [0.717, 1.165) is 5.56 Å². The van der Waals surface area contributed by atoms with Gasteiger partial charge in [0.15, 0.2) is 6.61 Å². The van der Waals surface area contributed by atoms with Gasteiger partial charge in [0.05, 0.1) is 12.5 Å². The lowest BCUT2D eigenvalue weighted by Gasteiger charge is -2.24. The number of carbonyl (C=O) groups is 2. The number of para-hydroxylation sites is 1. The van der Waals surface area contributed by atoms with Gasteiger partial charge in [0.25, 0.3) is 5.91 Å². The van der Waals surface area contributed by atoms with E-state index in [4.69, 9.17) is 15.3 Å². The molecule has 6 nitrogen and oxygen atoms in total. The molecule has 6 heteroatoms. The number of benzene rings is 1. The predicted octanol–water partition coefficient (Wildman–Crippen LogP) is 0.0858. The summed E-state index contributed by atoms with van der Waals surface area (Å²) in [5, 5.41) is 0. The Morgan fingerprint density at radius 1 is 1.44 bits per heavy atom. The van der Waals surface area contributed by atoms with Crippen LogP contribution in [0.15, 0.2) is 24.3 Å². The van der Waals surface area contributed by atoms with Crippen molar-refractivity contribution in [2.75, 3.05) is 13.2 Å². The molecule has 0 radical (unpaired) electrons. The molecular weight excluding hydrogens is 236 g/mol. The lowest BCUT2D eigenvalue weighted by Crippen LogP contribution is -2.34. The fraction of sp³-hybridized carbons (Fsp3) is 0.333. The van der Waals surface area contributed by atoms with Crippen molar-refractivity contribution in [1.82, 2.24) is 5.48 Å². The van der Waals surface area contributed by atoms with Crippen molar-refractivity contribution in [2.24, 2.45) is 5.73 Å². The molecule has 0 aromatic heterocycles. The van der Waals surface area contributed by atoms with E-state index in [-0.39, 0.29) is 18.4 Å². The molecule has 0 fully saturated rings. The van der Waals surface area contributed by atoms with Crippen LogP contribution < -0.4 is 16.0 Å². The van der Waals surface area contributed by atoms with Crippen LogP contribution in [0.4, 0.5) is 0 Å². The van der Waals surface area contributed by atoms with E-state index >= 15 is 0 Å². The lowest BCUT2D eigenvalue weighted by molar-refractivity contribution is -0.139. The van der Waals surface area contributed by atoms with Crippen LogP contribution in [0.2, 0.25) is 0 Å². The second-order valence-electron chi connectivity index (χ2n) is 3.95. The highest BCUT2D eigenvalue weighted by Gasteiger charge is 2.27. The number of amides is 2. The summed E-state index contributed by atoms with van der Waals surface area (Å²) in [7, 11) is 0. The van der Waals surface area contributed by atoms with Crippen molar-refractivity contribution in [2.45, 2.75) is 12.3 Å². The molecule has 2 rings (SSSR count). The third-order valence-electron chi connectivity index (χ3n) is 2.66. The Morgan fingerprint density at radius 3 is 3.00 bits per heavy atom. The van der Waals surface area contributed by atoms with Crippen LogP contribution in [-0.4, -0.2) is 25.0 Å². The Bertz CT molecular complexity index is 461. The van der Waals surface area contributed by atoms with Gasteiger partial charge < -0.3 is 10.5 Å². The van der Waals surface area contributed by atoms with E-state index < -0.39 is 5.91 Å². The van der Waals surface area contributed by atoms with Gasteiger partial charge in [-0.2, -0.15) is 0 Å². The quantitative estimate of drug-likeness (QED) is 0.741. The van der Waals surface area contributed by atoms with Crippen molar-refractivity contribution >= 4 is 11.8 Å². The number of hydrogen-bond acceptors (Lipinski definition) is 4. The molecule has 1 unspecified atom stereocenters. The number of nitrogens with two attached hydrogens (primary N) is 1. The third-order valence-corrected chi connectivity index (χ3v) is 2.66. The van der Waals surface area contributed by atoms with Crippen LogP contribution in [-0.2, 0) is 14.4 Å². The summed E-state index contributed by atoms with van der Waals surface area (Å²) >= 11 is 0. The minimum Gasteiger partial charge on any atom is -0.493 e. The van der Waals surface area contributed by atoms with E-state index in [1.807, 2.05) is 24.3 Å². The summed E-state index contributed by atoms with van der Waals surface area (Å²) in [6, 6.07) is 7.35. The van der Waals surface area contributed by atoms with Gasteiger partial charge in [-0.1, -0.05) is 18.2 Å². The van der Waals surface area contributed by atoms with Gasteiger partial charge in [-0.3, -0.25) is 14.4 Å². The zero-order valence-corrected chi connectivity index (χ0v) is 9.72. The van der Waals surface area contributed by atoms with E-state index in [2.05, 4.69) is 5.48 Å². The first-order valence-corrected chi connectivity index (χ1v) is 5.60. The molecule has 0 aliphatic carbocycles.